The van der Waals surface area contributed by atoms with E-state index in [2.05, 4.69) is 10.0 Å². The van der Waals surface area contributed by atoms with Crippen LogP contribution in [0.25, 0.3) is 0 Å². The average Bonchev–Trinajstić information content (AvgIpc) is 2.82. The van der Waals surface area contributed by atoms with Crippen molar-refractivity contribution in [2.24, 2.45) is 0 Å². The highest BCUT2D eigenvalue weighted by atomic mass is 32.2. The number of hydrogen-bond acceptors (Lipinski definition) is 5. The molecule has 1 fully saturated rings. The molecule has 0 unspecified atom stereocenters. The van der Waals surface area contributed by atoms with Crippen LogP contribution in [0, 0.1) is 0 Å². The smallest absolute Gasteiger partial charge is 0.341 e. The number of esters is 1. The van der Waals surface area contributed by atoms with Crippen LogP contribution < -0.4 is 10.0 Å². The van der Waals surface area contributed by atoms with E-state index in [1.54, 1.807) is 12.1 Å². The topological polar surface area (TPSA) is 102 Å². The molecule has 1 atom stereocenters. The molecule has 1 aliphatic rings. The van der Waals surface area contributed by atoms with E-state index in [1.165, 1.54) is 31.9 Å². The minimum absolute atomic E-state index is 0.0621. The Hall–Kier alpha value is -2.09. The molecular formula is C18H26N2O5S. The second kappa shape index (κ2) is 9.02. The maximum Gasteiger partial charge on any atom is 0.341 e. The summed E-state index contributed by atoms with van der Waals surface area (Å²) < 4.78 is 30.4. The van der Waals surface area contributed by atoms with Gasteiger partial charge < -0.3 is 10.1 Å². The van der Waals surface area contributed by atoms with Crippen molar-refractivity contribution < 1.29 is 22.7 Å². The predicted molar refractivity (Wildman–Crippen MR) is 99.4 cm³/mol. The zero-order valence-electron chi connectivity index (χ0n) is 15.2. The summed E-state index contributed by atoms with van der Waals surface area (Å²) in [5.74, 6) is -1.08. The lowest BCUT2D eigenvalue weighted by molar-refractivity contribution is -0.129. The van der Waals surface area contributed by atoms with Crippen LogP contribution in [0.3, 0.4) is 0 Å². The summed E-state index contributed by atoms with van der Waals surface area (Å²) in [6.07, 6.45) is 6.45. The van der Waals surface area contributed by atoms with Gasteiger partial charge in [0.15, 0.2) is 6.10 Å². The second-order valence-electron chi connectivity index (χ2n) is 6.66. The van der Waals surface area contributed by atoms with Crippen LogP contribution in [0.1, 0.15) is 55.8 Å². The van der Waals surface area contributed by atoms with Crippen molar-refractivity contribution in [2.45, 2.75) is 57.6 Å². The molecule has 0 aliphatic heterocycles. The van der Waals surface area contributed by atoms with E-state index >= 15 is 0 Å². The first-order valence-corrected chi connectivity index (χ1v) is 10.7. The molecule has 0 bridgehead atoms. The van der Waals surface area contributed by atoms with Crippen molar-refractivity contribution in [3.05, 3.63) is 29.8 Å². The van der Waals surface area contributed by atoms with Gasteiger partial charge in [0, 0.05) is 6.04 Å². The van der Waals surface area contributed by atoms with Gasteiger partial charge in [0.25, 0.3) is 5.91 Å². The van der Waals surface area contributed by atoms with E-state index in [9.17, 15) is 18.0 Å². The lowest BCUT2D eigenvalue weighted by Crippen LogP contribution is -2.41. The monoisotopic (exact) mass is 382 g/mol. The lowest BCUT2D eigenvalue weighted by Gasteiger charge is -2.20. The Morgan fingerprint density at radius 2 is 1.73 bits per heavy atom. The van der Waals surface area contributed by atoms with E-state index in [0.29, 0.717) is 0 Å². The SMILES string of the molecule is C[C@H](OC(=O)c1ccccc1NS(C)(=O)=O)C(=O)NC1CCCCCC1. The Morgan fingerprint density at radius 3 is 2.35 bits per heavy atom. The number of amides is 1. The molecule has 0 radical (unpaired) electrons. The summed E-state index contributed by atoms with van der Waals surface area (Å²) >= 11 is 0. The highest BCUT2D eigenvalue weighted by Gasteiger charge is 2.24. The summed E-state index contributed by atoms with van der Waals surface area (Å²) in [4.78, 5) is 24.7. The number of carbonyl (C=O) groups excluding carboxylic acids is 2. The van der Waals surface area contributed by atoms with Crippen molar-refractivity contribution >= 4 is 27.6 Å². The van der Waals surface area contributed by atoms with E-state index in [1.807, 2.05) is 0 Å². The fraction of sp³-hybridized carbons (Fsp3) is 0.556. The minimum Gasteiger partial charge on any atom is -0.449 e. The van der Waals surface area contributed by atoms with Crippen molar-refractivity contribution in [3.8, 4) is 0 Å². The van der Waals surface area contributed by atoms with E-state index in [-0.39, 0.29) is 23.2 Å². The Balaban J connectivity index is 1.99. The molecule has 1 amide bonds. The largest absolute Gasteiger partial charge is 0.449 e. The standard InChI is InChI=1S/C18H26N2O5S/c1-13(17(21)19-14-9-5-3-4-6-10-14)25-18(22)15-11-7-8-12-16(15)20-26(2,23)24/h7-8,11-14,20H,3-6,9-10H2,1-2H3,(H,19,21)/t13-/m0/s1. The van der Waals surface area contributed by atoms with Crippen LogP contribution in [-0.2, 0) is 19.6 Å². The van der Waals surface area contributed by atoms with E-state index in [4.69, 9.17) is 4.74 Å². The Labute approximate surface area is 154 Å². The number of ether oxygens (including phenoxy) is 1. The summed E-state index contributed by atoms with van der Waals surface area (Å²) in [6, 6.07) is 6.23. The third-order valence-electron chi connectivity index (χ3n) is 4.30. The van der Waals surface area contributed by atoms with Crippen LogP contribution >= 0.6 is 0 Å². The Kier molecular flexibility index (Phi) is 7.02. The Morgan fingerprint density at radius 1 is 1.12 bits per heavy atom. The van der Waals surface area contributed by atoms with Crippen molar-refractivity contribution in [2.75, 3.05) is 11.0 Å². The average molecular weight is 382 g/mol. The molecule has 0 saturated heterocycles. The summed E-state index contributed by atoms with van der Waals surface area (Å²) in [6.45, 7) is 1.51. The number of anilines is 1. The molecule has 0 spiro atoms. The van der Waals surface area contributed by atoms with Crippen molar-refractivity contribution in [3.63, 3.8) is 0 Å². The normalized spacial score (nSPS) is 17.0. The van der Waals surface area contributed by atoms with Gasteiger partial charge in [0.05, 0.1) is 17.5 Å². The van der Waals surface area contributed by atoms with Crippen molar-refractivity contribution in [1.29, 1.82) is 0 Å². The highest BCUT2D eigenvalue weighted by Crippen LogP contribution is 2.19. The number of rotatable bonds is 6. The zero-order chi connectivity index (χ0) is 19.2. The number of sulfonamides is 1. The number of nitrogens with one attached hydrogen (secondary N) is 2. The first-order valence-electron chi connectivity index (χ1n) is 8.84. The maximum absolute atomic E-state index is 12.4. The third kappa shape index (κ3) is 6.33. The highest BCUT2D eigenvalue weighted by molar-refractivity contribution is 7.92. The third-order valence-corrected chi connectivity index (χ3v) is 4.89. The van der Waals surface area contributed by atoms with Gasteiger partial charge in [-0.3, -0.25) is 9.52 Å². The molecule has 1 aliphatic carbocycles. The molecule has 0 heterocycles. The van der Waals surface area contributed by atoms with Gasteiger partial charge in [0.2, 0.25) is 10.0 Å². The van der Waals surface area contributed by atoms with Crippen LogP contribution in [0.4, 0.5) is 5.69 Å². The van der Waals surface area contributed by atoms with Gasteiger partial charge in [-0.05, 0) is 31.9 Å². The van der Waals surface area contributed by atoms with E-state index in [0.717, 1.165) is 31.9 Å². The fourth-order valence-corrected chi connectivity index (χ4v) is 3.55. The molecule has 1 saturated carbocycles. The molecule has 26 heavy (non-hydrogen) atoms. The summed E-state index contributed by atoms with van der Waals surface area (Å²) in [5.41, 5.74) is 0.184. The van der Waals surface area contributed by atoms with Gasteiger partial charge in [-0.1, -0.05) is 37.8 Å². The van der Waals surface area contributed by atoms with Crippen LogP contribution in [0.2, 0.25) is 0 Å². The first-order chi connectivity index (χ1) is 12.3. The molecule has 2 rings (SSSR count). The number of hydrogen-bond donors (Lipinski definition) is 2. The molecule has 0 aromatic heterocycles. The quantitative estimate of drug-likeness (QED) is 0.581. The van der Waals surface area contributed by atoms with Crippen molar-refractivity contribution in [1.82, 2.24) is 5.32 Å². The van der Waals surface area contributed by atoms with Gasteiger partial charge in [-0.15, -0.1) is 0 Å². The van der Waals surface area contributed by atoms with Crippen LogP contribution in [0.5, 0.6) is 0 Å². The molecule has 144 valence electrons. The number of benzene rings is 1. The van der Waals surface area contributed by atoms with Crippen LogP contribution in [0.15, 0.2) is 24.3 Å². The molecule has 1 aromatic rings. The zero-order valence-corrected chi connectivity index (χ0v) is 16.0. The predicted octanol–water partition coefficient (Wildman–Crippen LogP) is 2.44. The maximum atomic E-state index is 12.4. The van der Waals surface area contributed by atoms with Gasteiger partial charge in [-0.25, -0.2) is 13.2 Å². The second-order valence-corrected chi connectivity index (χ2v) is 8.41. The van der Waals surface area contributed by atoms with E-state index < -0.39 is 22.1 Å². The fourth-order valence-electron chi connectivity index (χ4n) is 2.97. The van der Waals surface area contributed by atoms with Gasteiger partial charge in [-0.2, -0.15) is 0 Å². The van der Waals surface area contributed by atoms with Gasteiger partial charge >= 0.3 is 5.97 Å². The molecule has 1 aromatic carbocycles. The van der Waals surface area contributed by atoms with Crippen LogP contribution in [-0.4, -0.2) is 38.7 Å². The summed E-state index contributed by atoms with van der Waals surface area (Å²) in [5, 5.41) is 2.94. The minimum atomic E-state index is -3.54. The lowest BCUT2D eigenvalue weighted by atomic mass is 10.1. The molecule has 7 nitrogen and oxygen atoms in total. The molecular weight excluding hydrogens is 356 g/mol. The summed E-state index contributed by atoms with van der Waals surface area (Å²) in [7, 11) is -3.54. The molecule has 2 N–H and O–H groups in total. The molecule has 8 heteroatoms. The number of para-hydroxylation sites is 1. The number of carbonyl (C=O) groups is 2. The first kappa shape index (κ1) is 20.2. The Bertz CT molecular complexity index is 740. The van der Waals surface area contributed by atoms with Gasteiger partial charge in [0.1, 0.15) is 0 Å².